The van der Waals surface area contributed by atoms with Crippen molar-refractivity contribution < 1.29 is 4.79 Å². The van der Waals surface area contributed by atoms with Crippen LogP contribution in [0.15, 0.2) is 42.5 Å². The molecule has 0 aliphatic carbocycles. The van der Waals surface area contributed by atoms with Gasteiger partial charge >= 0.3 is 0 Å². The zero-order valence-corrected chi connectivity index (χ0v) is 13.1. The lowest BCUT2D eigenvalue weighted by Gasteiger charge is -2.13. The fourth-order valence-electron chi connectivity index (χ4n) is 2.03. The third-order valence-corrected chi connectivity index (χ3v) is 3.85. The van der Waals surface area contributed by atoms with Crippen LogP contribution < -0.4 is 11.1 Å². The summed E-state index contributed by atoms with van der Waals surface area (Å²) in [6, 6.07) is 12.6. The lowest BCUT2D eigenvalue weighted by molar-refractivity contribution is -0.116. The largest absolute Gasteiger partial charge is 0.399 e. The third-order valence-electron chi connectivity index (χ3n) is 3.22. The number of benzene rings is 2. The molecule has 0 aliphatic heterocycles. The topological polar surface area (TPSA) is 55.1 Å². The van der Waals surface area contributed by atoms with Gasteiger partial charge in [-0.15, -0.1) is 0 Å². The van der Waals surface area contributed by atoms with E-state index in [2.05, 4.69) is 5.32 Å². The van der Waals surface area contributed by atoms with Crippen molar-refractivity contribution in [1.82, 2.24) is 0 Å². The summed E-state index contributed by atoms with van der Waals surface area (Å²) in [5, 5.41) is 3.62. The molecule has 0 bridgehead atoms. The molecule has 0 heterocycles. The van der Waals surface area contributed by atoms with Crippen molar-refractivity contribution in [2.45, 2.75) is 19.3 Å². The highest BCUT2D eigenvalue weighted by molar-refractivity contribution is 6.39. The summed E-state index contributed by atoms with van der Waals surface area (Å²) < 4.78 is 0. The van der Waals surface area contributed by atoms with Gasteiger partial charge < -0.3 is 11.1 Å². The molecule has 2 aromatic carbocycles. The number of anilines is 2. The SMILES string of the molecule is CC(CC(=O)Nc1c(Cl)cccc1Cl)c1ccc(N)cc1. The van der Waals surface area contributed by atoms with Gasteiger partial charge in [0.25, 0.3) is 0 Å². The molecule has 1 atom stereocenters. The van der Waals surface area contributed by atoms with Crippen LogP contribution in [0.1, 0.15) is 24.8 Å². The van der Waals surface area contributed by atoms with Crippen molar-refractivity contribution in [3.8, 4) is 0 Å². The first-order valence-corrected chi connectivity index (χ1v) is 7.32. The maximum atomic E-state index is 12.1. The van der Waals surface area contributed by atoms with Crippen LogP contribution >= 0.6 is 23.2 Å². The standard InChI is InChI=1S/C16H16Cl2N2O/c1-10(11-5-7-12(19)8-6-11)9-15(21)20-16-13(17)3-2-4-14(16)18/h2-8,10H,9,19H2,1H3,(H,20,21). The number of hydrogen-bond donors (Lipinski definition) is 2. The Balaban J connectivity index is 2.03. The number of amides is 1. The highest BCUT2D eigenvalue weighted by atomic mass is 35.5. The van der Waals surface area contributed by atoms with Crippen molar-refractivity contribution in [3.05, 3.63) is 58.1 Å². The average molecular weight is 323 g/mol. The molecular formula is C16H16Cl2N2O. The molecule has 0 fully saturated rings. The Morgan fingerprint density at radius 2 is 1.71 bits per heavy atom. The predicted molar refractivity (Wildman–Crippen MR) is 89.0 cm³/mol. The van der Waals surface area contributed by atoms with E-state index in [1.54, 1.807) is 18.2 Å². The van der Waals surface area contributed by atoms with Gasteiger partial charge in [-0.1, -0.05) is 48.3 Å². The summed E-state index contributed by atoms with van der Waals surface area (Å²) in [4.78, 5) is 12.1. The van der Waals surface area contributed by atoms with E-state index in [4.69, 9.17) is 28.9 Å². The molecule has 110 valence electrons. The van der Waals surface area contributed by atoms with Gasteiger partial charge in [0.15, 0.2) is 0 Å². The van der Waals surface area contributed by atoms with Crippen molar-refractivity contribution in [1.29, 1.82) is 0 Å². The number of carbonyl (C=O) groups is 1. The molecule has 5 heteroatoms. The van der Waals surface area contributed by atoms with Gasteiger partial charge in [0.1, 0.15) is 0 Å². The Bertz CT molecular complexity index is 621. The fraction of sp³-hybridized carbons (Fsp3) is 0.188. The van der Waals surface area contributed by atoms with E-state index in [1.165, 1.54) is 0 Å². The summed E-state index contributed by atoms with van der Waals surface area (Å²) in [6.45, 7) is 1.99. The van der Waals surface area contributed by atoms with E-state index in [9.17, 15) is 4.79 Å². The van der Waals surface area contributed by atoms with Gasteiger partial charge in [0.05, 0.1) is 15.7 Å². The average Bonchev–Trinajstić information content (AvgIpc) is 2.43. The molecule has 0 saturated heterocycles. The Kier molecular flexibility index (Phi) is 5.10. The minimum atomic E-state index is -0.130. The van der Waals surface area contributed by atoms with Crippen LogP contribution in [0, 0.1) is 0 Å². The first kappa shape index (κ1) is 15.7. The molecule has 1 amide bonds. The Hall–Kier alpha value is -1.71. The molecule has 0 radical (unpaired) electrons. The molecule has 0 spiro atoms. The van der Waals surface area contributed by atoms with Gasteiger partial charge in [0, 0.05) is 12.1 Å². The first-order valence-electron chi connectivity index (χ1n) is 6.56. The van der Waals surface area contributed by atoms with Crippen LogP contribution in [0.5, 0.6) is 0 Å². The zero-order chi connectivity index (χ0) is 15.4. The summed E-state index contributed by atoms with van der Waals surface area (Å²) in [6.07, 6.45) is 0.339. The van der Waals surface area contributed by atoms with Crippen LogP contribution in [0.25, 0.3) is 0 Å². The van der Waals surface area contributed by atoms with Gasteiger partial charge in [-0.25, -0.2) is 0 Å². The molecule has 0 saturated carbocycles. The maximum absolute atomic E-state index is 12.1. The molecule has 2 aromatic rings. The zero-order valence-electron chi connectivity index (χ0n) is 11.6. The Morgan fingerprint density at radius 3 is 2.29 bits per heavy atom. The van der Waals surface area contributed by atoms with Crippen molar-refractivity contribution in [2.24, 2.45) is 0 Å². The summed E-state index contributed by atoms with van der Waals surface area (Å²) in [5.41, 5.74) is 7.88. The van der Waals surface area contributed by atoms with Crippen LogP contribution in [0.2, 0.25) is 10.0 Å². The van der Waals surface area contributed by atoms with E-state index >= 15 is 0 Å². The maximum Gasteiger partial charge on any atom is 0.225 e. The van der Waals surface area contributed by atoms with Crippen LogP contribution in [-0.2, 0) is 4.79 Å². The van der Waals surface area contributed by atoms with E-state index in [0.29, 0.717) is 27.8 Å². The van der Waals surface area contributed by atoms with E-state index in [0.717, 1.165) is 5.56 Å². The minimum Gasteiger partial charge on any atom is -0.399 e. The van der Waals surface area contributed by atoms with E-state index in [-0.39, 0.29) is 11.8 Å². The van der Waals surface area contributed by atoms with E-state index < -0.39 is 0 Å². The second-order valence-electron chi connectivity index (χ2n) is 4.92. The minimum absolute atomic E-state index is 0.0758. The van der Waals surface area contributed by atoms with Crippen LogP contribution in [0.3, 0.4) is 0 Å². The molecular weight excluding hydrogens is 307 g/mol. The second-order valence-corrected chi connectivity index (χ2v) is 5.73. The van der Waals surface area contributed by atoms with Gasteiger partial charge in [-0.3, -0.25) is 4.79 Å². The quantitative estimate of drug-likeness (QED) is 0.801. The number of nitrogens with one attached hydrogen (secondary N) is 1. The van der Waals surface area contributed by atoms with Crippen LogP contribution in [0.4, 0.5) is 11.4 Å². The molecule has 1 unspecified atom stereocenters. The van der Waals surface area contributed by atoms with Crippen molar-refractivity contribution >= 4 is 40.5 Å². The number of nitrogen functional groups attached to an aromatic ring is 1. The molecule has 0 aromatic heterocycles. The molecule has 21 heavy (non-hydrogen) atoms. The lowest BCUT2D eigenvalue weighted by Crippen LogP contribution is -2.15. The summed E-state index contributed by atoms with van der Waals surface area (Å²) >= 11 is 12.1. The van der Waals surface area contributed by atoms with E-state index in [1.807, 2.05) is 31.2 Å². The normalized spacial score (nSPS) is 12.0. The van der Waals surface area contributed by atoms with Gasteiger partial charge in [-0.2, -0.15) is 0 Å². The highest BCUT2D eigenvalue weighted by Crippen LogP contribution is 2.30. The Morgan fingerprint density at radius 1 is 1.14 bits per heavy atom. The second kappa shape index (κ2) is 6.83. The predicted octanol–water partition coefficient (Wildman–Crippen LogP) is 4.71. The first-order chi connectivity index (χ1) is 9.97. The smallest absolute Gasteiger partial charge is 0.225 e. The molecule has 2 rings (SSSR count). The number of carbonyl (C=O) groups excluding carboxylic acids is 1. The number of hydrogen-bond acceptors (Lipinski definition) is 2. The van der Waals surface area contributed by atoms with Gasteiger partial charge in [-0.05, 0) is 35.7 Å². The van der Waals surface area contributed by atoms with Crippen LogP contribution in [-0.4, -0.2) is 5.91 Å². The Labute approximate surface area is 134 Å². The summed E-state index contributed by atoms with van der Waals surface area (Å²) in [5.74, 6) is -0.0545. The molecule has 3 N–H and O–H groups in total. The lowest BCUT2D eigenvalue weighted by atomic mass is 9.97. The molecule has 0 aliphatic rings. The third kappa shape index (κ3) is 4.13. The number of nitrogens with two attached hydrogens (primary N) is 1. The van der Waals surface area contributed by atoms with Crippen molar-refractivity contribution in [3.63, 3.8) is 0 Å². The number of rotatable bonds is 4. The monoisotopic (exact) mass is 322 g/mol. The van der Waals surface area contributed by atoms with Gasteiger partial charge in [0.2, 0.25) is 5.91 Å². The number of para-hydroxylation sites is 1. The van der Waals surface area contributed by atoms with Crippen molar-refractivity contribution in [2.75, 3.05) is 11.1 Å². The number of halogens is 2. The molecule has 3 nitrogen and oxygen atoms in total. The fourth-order valence-corrected chi connectivity index (χ4v) is 2.52. The highest BCUT2D eigenvalue weighted by Gasteiger charge is 2.14. The summed E-state index contributed by atoms with van der Waals surface area (Å²) in [7, 11) is 0.